The van der Waals surface area contributed by atoms with E-state index in [-0.39, 0.29) is 33.0 Å². The Morgan fingerprint density at radius 1 is 0.915 bits per heavy atom. The molecule has 0 aromatic heterocycles. The number of ketones is 3. The molecule has 2 aromatic carbocycles. The van der Waals surface area contributed by atoms with E-state index in [1.54, 1.807) is 45.9 Å². The first kappa shape index (κ1) is 44.7. The van der Waals surface area contributed by atoms with Gasteiger partial charge in [0.1, 0.15) is 17.6 Å². The molecule has 6 rings (SSSR count). The molecule has 1 amide bonds. The van der Waals surface area contributed by atoms with Gasteiger partial charge in [-0.2, -0.15) is 0 Å². The maximum absolute atomic E-state index is 14.3. The number of aliphatic hydroxyl groups excluding tert-OH is 2. The first-order valence-corrected chi connectivity index (χ1v) is 19.4. The summed E-state index contributed by atoms with van der Waals surface area (Å²) in [4.78, 5) is 82.0. The normalized spacial score (nSPS) is 28.9. The highest BCUT2D eigenvalue weighted by molar-refractivity contribution is 6.34. The zero-order chi connectivity index (χ0) is 43.7. The zero-order valence-corrected chi connectivity index (χ0v) is 34.9. The summed E-state index contributed by atoms with van der Waals surface area (Å²) in [5.74, 6) is -10.3. The first-order chi connectivity index (χ1) is 27.7. The van der Waals surface area contributed by atoms with Crippen molar-refractivity contribution in [3.05, 3.63) is 105 Å². The summed E-state index contributed by atoms with van der Waals surface area (Å²) in [6.45, 7) is 12.2. The average Bonchev–Trinajstić information content (AvgIpc) is 3.46. The van der Waals surface area contributed by atoms with E-state index in [9.17, 15) is 39.0 Å². The molecule has 0 saturated heterocycles. The number of ether oxygens (including phenoxy) is 5. The van der Waals surface area contributed by atoms with Gasteiger partial charge < -0.3 is 39.2 Å². The van der Waals surface area contributed by atoms with Gasteiger partial charge in [0.05, 0.1) is 57.5 Å². The molecule has 4 aliphatic rings. The van der Waals surface area contributed by atoms with Crippen molar-refractivity contribution in [3.63, 3.8) is 0 Å². The van der Waals surface area contributed by atoms with E-state index >= 15 is 0 Å². The summed E-state index contributed by atoms with van der Waals surface area (Å²) in [5, 5.41) is 25.3. The van der Waals surface area contributed by atoms with Crippen LogP contribution in [0.15, 0.2) is 72.2 Å². The van der Waals surface area contributed by atoms with Crippen LogP contribution in [-0.2, 0) is 23.8 Å². The molecule has 15 heteroatoms. The van der Waals surface area contributed by atoms with Gasteiger partial charge in [-0.25, -0.2) is 4.79 Å². The van der Waals surface area contributed by atoms with E-state index in [4.69, 9.17) is 35.3 Å². The number of allylic oxidation sites excluding steroid dienone is 4. The lowest BCUT2D eigenvalue weighted by Crippen LogP contribution is -2.46. The number of halogens is 1. The Morgan fingerprint density at radius 3 is 2.24 bits per heavy atom. The second-order valence-electron chi connectivity index (χ2n) is 15.2. The van der Waals surface area contributed by atoms with Crippen LogP contribution in [0.25, 0.3) is 0 Å². The van der Waals surface area contributed by atoms with E-state index in [0.29, 0.717) is 0 Å². The van der Waals surface area contributed by atoms with Crippen LogP contribution >= 0.6 is 11.6 Å². The van der Waals surface area contributed by atoms with Crippen molar-refractivity contribution >= 4 is 46.8 Å². The van der Waals surface area contributed by atoms with Crippen molar-refractivity contribution in [2.24, 2.45) is 23.7 Å². The van der Waals surface area contributed by atoms with Gasteiger partial charge in [-0.05, 0) is 32.1 Å². The lowest BCUT2D eigenvalue weighted by Gasteiger charge is -2.38. The van der Waals surface area contributed by atoms with Crippen LogP contribution in [0.3, 0.4) is 0 Å². The lowest BCUT2D eigenvalue weighted by molar-refractivity contribution is -0.160. The molecule has 2 aromatic rings. The number of hydrogen-bond donors (Lipinski definition) is 3. The second-order valence-corrected chi connectivity index (χ2v) is 15.6. The smallest absolute Gasteiger partial charge is 0.345 e. The Labute approximate surface area is 346 Å². The van der Waals surface area contributed by atoms with Crippen molar-refractivity contribution in [2.45, 2.75) is 85.6 Å². The van der Waals surface area contributed by atoms with Crippen molar-refractivity contribution in [1.29, 1.82) is 0 Å². The molecule has 9 atom stereocenters. The van der Waals surface area contributed by atoms with E-state index in [1.807, 2.05) is 0 Å². The SMILES string of the molecule is CO[C@H]1C=CO[C@@]2(C)Oc3c(C)c(OC(=O)c4ccccc4Cl)c4c(c3C2=O)C(=O)C=C(NC(=O)C(C)=CC=C[C@H](C)[C@H](O)[C@@H](C)[C@H](O)[C@H](C)[C@H](OC(C)=O)[C@@H]1C)C4=O. The van der Waals surface area contributed by atoms with Crippen LogP contribution in [0.5, 0.6) is 11.5 Å². The van der Waals surface area contributed by atoms with Crippen LogP contribution in [0.2, 0.25) is 5.02 Å². The minimum absolute atomic E-state index is 0.00466. The van der Waals surface area contributed by atoms with Gasteiger partial charge in [0.25, 0.3) is 11.7 Å². The topological polar surface area (TPSA) is 201 Å². The fourth-order valence-corrected chi connectivity index (χ4v) is 7.72. The van der Waals surface area contributed by atoms with E-state index in [0.717, 1.165) is 12.3 Å². The van der Waals surface area contributed by atoms with E-state index < -0.39 is 112 Å². The number of carbonyl (C=O) groups excluding carboxylic acids is 6. The highest BCUT2D eigenvalue weighted by Gasteiger charge is 2.52. The average molecular weight is 834 g/mol. The summed E-state index contributed by atoms with van der Waals surface area (Å²) in [5.41, 5.74) is -1.60. The lowest BCUT2D eigenvalue weighted by atomic mass is 9.78. The molecule has 59 heavy (non-hydrogen) atoms. The van der Waals surface area contributed by atoms with Crippen LogP contribution in [0.1, 0.15) is 95.5 Å². The van der Waals surface area contributed by atoms with Gasteiger partial charge in [-0.15, -0.1) is 0 Å². The maximum Gasteiger partial charge on any atom is 0.345 e. The minimum atomic E-state index is -2.13. The summed E-state index contributed by atoms with van der Waals surface area (Å²) in [6, 6.07) is 6.01. The number of methoxy groups -OCH3 is 1. The molecular weight excluding hydrogens is 786 g/mol. The Morgan fingerprint density at radius 2 is 1.59 bits per heavy atom. The highest BCUT2D eigenvalue weighted by Crippen LogP contribution is 2.48. The number of benzene rings is 2. The molecule has 3 heterocycles. The third-order valence-electron chi connectivity index (χ3n) is 11.1. The van der Waals surface area contributed by atoms with Gasteiger partial charge >= 0.3 is 17.7 Å². The number of Topliss-reactive ketones (excluding diaryl/α,β-unsaturated/α-hetero) is 2. The molecule has 0 unspecified atom stereocenters. The first-order valence-electron chi connectivity index (χ1n) is 19.0. The number of amides is 1. The molecule has 1 aliphatic carbocycles. The largest absolute Gasteiger partial charge is 0.462 e. The van der Waals surface area contributed by atoms with Gasteiger partial charge in [0, 0.05) is 61.8 Å². The second kappa shape index (κ2) is 17.8. The van der Waals surface area contributed by atoms with E-state index in [2.05, 4.69) is 5.32 Å². The minimum Gasteiger partial charge on any atom is -0.462 e. The standard InChI is InChI=1S/C44H48ClNO13/c1-20-13-12-14-21(2)42(53)46-29-19-30(48)32-33(37(29)51)39(58-43(54)27-15-10-11-16-28(27)45)25(6)40-34(32)41(52)44(8,59-40)56-18-17-31(55-9)22(3)38(57-26(7)47)24(5)36(50)23(4)35(20)49/h10-20,22-24,31,35-36,38,49-50H,1-9H3,(H,46,53)/t20-,22+,23+,24-,31-,35-,36-,38+,44-/m0/s1. The maximum atomic E-state index is 14.3. The molecule has 0 radical (unpaired) electrons. The number of carbonyl (C=O) groups is 6. The fourth-order valence-electron chi connectivity index (χ4n) is 7.51. The van der Waals surface area contributed by atoms with Crippen molar-refractivity contribution in [3.8, 4) is 11.5 Å². The Kier molecular flexibility index (Phi) is 13.5. The van der Waals surface area contributed by atoms with Gasteiger partial charge in [0.15, 0.2) is 5.78 Å². The molecule has 5 bridgehead atoms. The summed E-state index contributed by atoms with van der Waals surface area (Å²) >= 11 is 6.29. The predicted molar refractivity (Wildman–Crippen MR) is 214 cm³/mol. The van der Waals surface area contributed by atoms with Gasteiger partial charge in [-0.3, -0.25) is 24.0 Å². The molecule has 3 N–H and O–H groups in total. The van der Waals surface area contributed by atoms with E-state index in [1.165, 1.54) is 65.2 Å². The third-order valence-corrected chi connectivity index (χ3v) is 11.4. The van der Waals surface area contributed by atoms with Crippen LogP contribution < -0.4 is 14.8 Å². The number of fused-ring (bicyclic) bond motifs is 14. The molecular formula is C44H48ClNO13. The molecule has 3 aliphatic heterocycles. The number of aliphatic hydroxyl groups is 2. The molecule has 0 saturated carbocycles. The third kappa shape index (κ3) is 8.81. The van der Waals surface area contributed by atoms with Crippen molar-refractivity contribution in [2.75, 3.05) is 7.11 Å². The van der Waals surface area contributed by atoms with Gasteiger partial charge in [0.2, 0.25) is 5.78 Å². The molecule has 314 valence electrons. The number of rotatable bonds is 4. The van der Waals surface area contributed by atoms with Gasteiger partial charge in [-0.1, -0.05) is 69.7 Å². The molecule has 0 fully saturated rings. The molecule has 0 spiro atoms. The van der Waals surface area contributed by atoms with Crippen LogP contribution in [0.4, 0.5) is 0 Å². The summed E-state index contributed by atoms with van der Waals surface area (Å²) in [6.07, 6.45) is 4.08. The number of hydrogen-bond acceptors (Lipinski definition) is 13. The van der Waals surface area contributed by atoms with Crippen LogP contribution in [0, 0.1) is 30.6 Å². The van der Waals surface area contributed by atoms with Crippen LogP contribution in [-0.4, -0.2) is 82.7 Å². The Hall–Kier alpha value is -5.41. The predicted octanol–water partition coefficient (Wildman–Crippen LogP) is 5.80. The quantitative estimate of drug-likeness (QED) is 0.247. The summed E-state index contributed by atoms with van der Waals surface area (Å²) < 4.78 is 29.3. The zero-order valence-electron chi connectivity index (χ0n) is 34.2. The van der Waals surface area contributed by atoms with Crippen molar-refractivity contribution in [1.82, 2.24) is 5.32 Å². The Bertz CT molecular complexity index is 2200. The monoisotopic (exact) mass is 833 g/mol. The number of esters is 2. The fraction of sp³-hybridized carbons (Fsp3) is 0.409. The number of nitrogens with one attached hydrogen (secondary N) is 1. The summed E-state index contributed by atoms with van der Waals surface area (Å²) in [7, 11) is 1.41. The molecule has 14 nitrogen and oxygen atoms in total. The van der Waals surface area contributed by atoms with Crippen molar-refractivity contribution < 1.29 is 62.7 Å². The highest BCUT2D eigenvalue weighted by atomic mass is 35.5. The Balaban J connectivity index is 1.66.